The van der Waals surface area contributed by atoms with E-state index in [-0.39, 0.29) is 11.7 Å². The highest BCUT2D eigenvalue weighted by Crippen LogP contribution is 2.14. The van der Waals surface area contributed by atoms with Crippen LogP contribution in [-0.2, 0) is 7.05 Å². The molecule has 0 aliphatic rings. The highest BCUT2D eigenvalue weighted by atomic mass is 16.1. The van der Waals surface area contributed by atoms with E-state index in [2.05, 4.69) is 5.10 Å². The molecule has 72 valence electrons. The summed E-state index contributed by atoms with van der Waals surface area (Å²) < 4.78 is 1.64. The van der Waals surface area contributed by atoms with Crippen LogP contribution in [0.2, 0.25) is 0 Å². The van der Waals surface area contributed by atoms with Crippen molar-refractivity contribution in [1.82, 2.24) is 9.78 Å². The molecule has 0 fully saturated rings. The average Bonchev–Trinajstić information content (AvgIpc) is 2.53. The molecular weight excluding hydrogens is 164 g/mol. The van der Waals surface area contributed by atoms with E-state index >= 15 is 0 Å². The Morgan fingerprint density at radius 2 is 2.15 bits per heavy atom. The van der Waals surface area contributed by atoms with Crippen molar-refractivity contribution in [2.45, 2.75) is 26.7 Å². The first-order valence-corrected chi connectivity index (χ1v) is 4.72. The summed E-state index contributed by atoms with van der Waals surface area (Å²) in [5.74, 6) is 0.361. The fourth-order valence-electron chi connectivity index (χ4n) is 1.48. The van der Waals surface area contributed by atoms with Crippen LogP contribution in [0.25, 0.3) is 0 Å². The molecule has 3 heteroatoms. The van der Waals surface area contributed by atoms with Gasteiger partial charge in [0.1, 0.15) is 5.69 Å². The van der Waals surface area contributed by atoms with Crippen LogP contribution in [0.4, 0.5) is 0 Å². The molecule has 0 amide bonds. The van der Waals surface area contributed by atoms with Gasteiger partial charge in [0.25, 0.3) is 0 Å². The van der Waals surface area contributed by atoms with E-state index in [0.717, 1.165) is 12.8 Å². The molecule has 0 bridgehead atoms. The van der Waals surface area contributed by atoms with Crippen molar-refractivity contribution in [1.29, 1.82) is 0 Å². The Labute approximate surface area is 78.8 Å². The third-order valence-corrected chi connectivity index (χ3v) is 2.43. The lowest BCUT2D eigenvalue weighted by molar-refractivity contribution is 0.0903. The number of nitrogens with zero attached hydrogens (tertiary/aromatic N) is 2. The lowest BCUT2D eigenvalue weighted by Gasteiger charge is -2.10. The van der Waals surface area contributed by atoms with Crippen molar-refractivity contribution in [3.8, 4) is 0 Å². The van der Waals surface area contributed by atoms with E-state index in [0.29, 0.717) is 5.69 Å². The van der Waals surface area contributed by atoms with Gasteiger partial charge >= 0.3 is 0 Å². The number of hydrogen-bond acceptors (Lipinski definition) is 2. The van der Waals surface area contributed by atoms with Gasteiger partial charge in [-0.05, 0) is 18.9 Å². The van der Waals surface area contributed by atoms with Crippen LogP contribution in [0.1, 0.15) is 37.2 Å². The Bertz CT molecular complexity index is 287. The molecule has 0 aliphatic heterocycles. The van der Waals surface area contributed by atoms with Gasteiger partial charge in [-0.3, -0.25) is 9.48 Å². The maximum atomic E-state index is 11.8. The summed E-state index contributed by atoms with van der Waals surface area (Å²) in [4.78, 5) is 11.8. The summed E-state index contributed by atoms with van der Waals surface area (Å²) in [6.07, 6.45) is 3.47. The predicted molar refractivity (Wildman–Crippen MR) is 51.6 cm³/mol. The summed E-state index contributed by atoms with van der Waals surface area (Å²) >= 11 is 0. The van der Waals surface area contributed by atoms with E-state index < -0.39 is 0 Å². The molecule has 0 saturated heterocycles. The lowest BCUT2D eigenvalue weighted by Crippen LogP contribution is -2.16. The number of Topliss-reactive ketones (excluding diaryl/α,β-unsaturated/α-hetero) is 1. The maximum Gasteiger partial charge on any atom is 0.183 e. The number of carbonyl (C=O) groups excluding carboxylic acids is 1. The molecule has 0 aromatic carbocycles. The second-order valence-corrected chi connectivity index (χ2v) is 3.22. The topological polar surface area (TPSA) is 34.9 Å². The Kier molecular flexibility index (Phi) is 3.23. The zero-order valence-corrected chi connectivity index (χ0v) is 8.45. The summed E-state index contributed by atoms with van der Waals surface area (Å²) in [6.45, 7) is 4.09. The van der Waals surface area contributed by atoms with Gasteiger partial charge in [0.05, 0.1) is 0 Å². The first-order valence-electron chi connectivity index (χ1n) is 4.72. The van der Waals surface area contributed by atoms with Crippen LogP contribution in [-0.4, -0.2) is 15.6 Å². The summed E-state index contributed by atoms with van der Waals surface area (Å²) in [6, 6.07) is 1.78. The predicted octanol–water partition coefficient (Wildman–Crippen LogP) is 2.04. The highest BCUT2D eigenvalue weighted by molar-refractivity contribution is 5.96. The molecular formula is C10H16N2O. The van der Waals surface area contributed by atoms with Gasteiger partial charge in [-0.2, -0.15) is 5.10 Å². The van der Waals surface area contributed by atoms with Crippen molar-refractivity contribution < 1.29 is 4.79 Å². The van der Waals surface area contributed by atoms with E-state index in [9.17, 15) is 4.79 Å². The quantitative estimate of drug-likeness (QED) is 0.664. The van der Waals surface area contributed by atoms with Crippen molar-refractivity contribution in [3.05, 3.63) is 18.0 Å². The molecule has 0 radical (unpaired) electrons. The molecule has 1 aromatic rings. The molecule has 0 spiro atoms. The van der Waals surface area contributed by atoms with Gasteiger partial charge in [0, 0.05) is 19.2 Å². The highest BCUT2D eigenvalue weighted by Gasteiger charge is 2.18. The monoisotopic (exact) mass is 180 g/mol. The van der Waals surface area contributed by atoms with Crippen LogP contribution in [0.5, 0.6) is 0 Å². The lowest BCUT2D eigenvalue weighted by atomic mass is 9.96. The summed E-state index contributed by atoms with van der Waals surface area (Å²) in [5, 5.41) is 3.98. The second kappa shape index (κ2) is 4.21. The van der Waals surface area contributed by atoms with Gasteiger partial charge in [-0.15, -0.1) is 0 Å². The fraction of sp³-hybridized carbons (Fsp3) is 0.600. The SMILES string of the molecule is CCC(CC)C(=O)c1ccnn1C. The van der Waals surface area contributed by atoms with Crippen molar-refractivity contribution in [2.75, 3.05) is 0 Å². The van der Waals surface area contributed by atoms with E-state index in [1.54, 1.807) is 24.0 Å². The van der Waals surface area contributed by atoms with E-state index in [1.165, 1.54) is 0 Å². The number of rotatable bonds is 4. The molecule has 1 aromatic heterocycles. The molecule has 13 heavy (non-hydrogen) atoms. The molecule has 0 saturated carbocycles. The minimum absolute atomic E-state index is 0.149. The van der Waals surface area contributed by atoms with Gasteiger partial charge in [0.15, 0.2) is 5.78 Å². The number of aromatic nitrogens is 2. The number of hydrogen-bond donors (Lipinski definition) is 0. The first kappa shape index (κ1) is 9.96. The first-order chi connectivity index (χ1) is 6.20. The molecule has 1 heterocycles. The summed E-state index contributed by atoms with van der Waals surface area (Å²) in [5.41, 5.74) is 0.716. The Morgan fingerprint density at radius 1 is 1.54 bits per heavy atom. The van der Waals surface area contributed by atoms with Crippen LogP contribution in [0, 0.1) is 5.92 Å². The van der Waals surface area contributed by atoms with Gasteiger partial charge < -0.3 is 0 Å². The van der Waals surface area contributed by atoms with Crippen LogP contribution < -0.4 is 0 Å². The van der Waals surface area contributed by atoms with Crippen molar-refractivity contribution >= 4 is 5.78 Å². The summed E-state index contributed by atoms with van der Waals surface area (Å²) in [7, 11) is 1.80. The number of ketones is 1. The van der Waals surface area contributed by atoms with Gasteiger partial charge in [-0.1, -0.05) is 13.8 Å². The largest absolute Gasteiger partial charge is 0.292 e. The smallest absolute Gasteiger partial charge is 0.183 e. The third-order valence-electron chi connectivity index (χ3n) is 2.43. The normalized spacial score (nSPS) is 10.8. The minimum atomic E-state index is 0.149. The molecule has 0 unspecified atom stereocenters. The van der Waals surface area contributed by atoms with Crippen molar-refractivity contribution in [2.24, 2.45) is 13.0 Å². The van der Waals surface area contributed by atoms with Crippen LogP contribution in [0.15, 0.2) is 12.3 Å². The molecule has 0 N–H and O–H groups in total. The fourth-order valence-corrected chi connectivity index (χ4v) is 1.48. The van der Waals surface area contributed by atoms with E-state index in [4.69, 9.17) is 0 Å². The van der Waals surface area contributed by atoms with Gasteiger partial charge in [0.2, 0.25) is 0 Å². The third kappa shape index (κ3) is 1.97. The van der Waals surface area contributed by atoms with E-state index in [1.807, 2.05) is 13.8 Å². The molecule has 0 atom stereocenters. The molecule has 0 aliphatic carbocycles. The Hall–Kier alpha value is -1.12. The standard InChI is InChI=1S/C10H16N2O/c1-4-8(5-2)10(13)9-6-7-11-12(9)3/h6-8H,4-5H2,1-3H3. The molecule has 1 rings (SSSR count). The molecule has 3 nitrogen and oxygen atoms in total. The zero-order chi connectivity index (χ0) is 9.84. The van der Waals surface area contributed by atoms with Crippen molar-refractivity contribution in [3.63, 3.8) is 0 Å². The van der Waals surface area contributed by atoms with Gasteiger partial charge in [-0.25, -0.2) is 0 Å². The Morgan fingerprint density at radius 3 is 2.54 bits per heavy atom. The minimum Gasteiger partial charge on any atom is -0.292 e. The second-order valence-electron chi connectivity index (χ2n) is 3.22. The van der Waals surface area contributed by atoms with Crippen LogP contribution >= 0.6 is 0 Å². The average molecular weight is 180 g/mol. The van der Waals surface area contributed by atoms with Crippen LogP contribution in [0.3, 0.4) is 0 Å². The zero-order valence-electron chi connectivity index (χ0n) is 8.45. The number of carbonyl (C=O) groups is 1. The maximum absolute atomic E-state index is 11.8. The number of aryl methyl sites for hydroxylation is 1. The Balaban J connectivity index is 2.84.